The number of esters is 3. The van der Waals surface area contributed by atoms with Gasteiger partial charge in [-0.25, -0.2) is 0 Å². The summed E-state index contributed by atoms with van der Waals surface area (Å²) in [6.45, 7) is 3.78. The van der Waals surface area contributed by atoms with Gasteiger partial charge in [-0.3, -0.25) is 14.4 Å². The third kappa shape index (κ3) is 4.94. The monoisotopic (exact) mass is 386 g/mol. The van der Waals surface area contributed by atoms with Crippen molar-refractivity contribution >= 4 is 40.5 Å². The van der Waals surface area contributed by atoms with Gasteiger partial charge in [0.2, 0.25) is 6.29 Å². The van der Waals surface area contributed by atoms with Crippen molar-refractivity contribution in [3.8, 4) is 0 Å². The highest BCUT2D eigenvalue weighted by Crippen LogP contribution is 2.31. The molecule has 0 aromatic carbocycles. The van der Waals surface area contributed by atoms with Crippen LogP contribution in [0.1, 0.15) is 20.8 Å². The number of carbonyl (C=O) groups excluding carboxylic acids is 3. The Kier molecular flexibility index (Phi) is 5.98. The van der Waals surface area contributed by atoms with Gasteiger partial charge in [-0.05, 0) is 0 Å². The van der Waals surface area contributed by atoms with Gasteiger partial charge < -0.3 is 18.9 Å². The molecule has 1 rings (SSSR count). The van der Waals surface area contributed by atoms with Gasteiger partial charge in [0.1, 0.15) is 12.7 Å². The summed E-state index contributed by atoms with van der Waals surface area (Å²) in [7, 11) is 0. The zero-order chi connectivity index (χ0) is 14.6. The first-order valence-electron chi connectivity index (χ1n) is 5.58. The summed E-state index contributed by atoms with van der Waals surface area (Å²) in [6, 6.07) is 0. The quantitative estimate of drug-likeness (QED) is 0.302. The lowest BCUT2D eigenvalue weighted by Gasteiger charge is -2.19. The number of ether oxygens (including phenoxy) is 4. The Bertz CT molecular complexity index is 370. The second-order valence-electron chi connectivity index (χ2n) is 3.97. The molecule has 0 aromatic rings. The molecule has 108 valence electrons. The smallest absolute Gasteiger partial charge is 0.305 e. The van der Waals surface area contributed by atoms with E-state index in [2.05, 4.69) is 0 Å². The number of rotatable bonds is 4. The van der Waals surface area contributed by atoms with Crippen LogP contribution in [-0.4, -0.2) is 46.9 Å². The molecule has 0 aromatic heterocycles. The SMILES string of the molecule is CC(=O)OC[C@H]1O[C@H](OC(C)=O)[C@H](OC(C)=O)[C@H]1I. The molecule has 8 heteroatoms. The van der Waals surface area contributed by atoms with Gasteiger partial charge in [0.05, 0.1) is 3.92 Å². The van der Waals surface area contributed by atoms with E-state index >= 15 is 0 Å². The molecule has 0 radical (unpaired) electrons. The maximum absolute atomic E-state index is 11.0. The molecular formula is C11H15IO7. The molecule has 0 amide bonds. The van der Waals surface area contributed by atoms with Gasteiger partial charge in [-0.2, -0.15) is 0 Å². The highest BCUT2D eigenvalue weighted by Gasteiger charge is 2.47. The highest BCUT2D eigenvalue weighted by molar-refractivity contribution is 14.1. The summed E-state index contributed by atoms with van der Waals surface area (Å²) in [6.07, 6.45) is -2.20. The second kappa shape index (κ2) is 7.04. The van der Waals surface area contributed by atoms with Crippen molar-refractivity contribution < 1.29 is 33.3 Å². The fraction of sp³-hybridized carbons (Fsp3) is 0.727. The summed E-state index contributed by atoms with van der Waals surface area (Å²) in [5.41, 5.74) is 0. The van der Waals surface area contributed by atoms with Crippen molar-refractivity contribution in [2.45, 2.75) is 43.2 Å². The topological polar surface area (TPSA) is 88.1 Å². The molecule has 0 aliphatic carbocycles. The van der Waals surface area contributed by atoms with E-state index in [1.807, 2.05) is 22.6 Å². The largest absolute Gasteiger partial charge is 0.463 e. The number of hydrogen-bond acceptors (Lipinski definition) is 7. The summed E-state index contributed by atoms with van der Waals surface area (Å²) in [5, 5.41) is 0. The van der Waals surface area contributed by atoms with E-state index in [0.29, 0.717) is 0 Å². The average Bonchev–Trinajstić information content (AvgIpc) is 2.53. The molecule has 0 bridgehead atoms. The van der Waals surface area contributed by atoms with Crippen LogP contribution in [0.4, 0.5) is 0 Å². The van der Waals surface area contributed by atoms with E-state index in [4.69, 9.17) is 18.9 Å². The van der Waals surface area contributed by atoms with Crippen molar-refractivity contribution in [3.63, 3.8) is 0 Å². The van der Waals surface area contributed by atoms with Crippen LogP contribution in [0.3, 0.4) is 0 Å². The molecule has 1 heterocycles. The van der Waals surface area contributed by atoms with Crippen molar-refractivity contribution in [1.29, 1.82) is 0 Å². The third-order valence-corrected chi connectivity index (χ3v) is 3.79. The zero-order valence-electron chi connectivity index (χ0n) is 10.8. The van der Waals surface area contributed by atoms with Crippen LogP contribution >= 0.6 is 22.6 Å². The molecule has 1 fully saturated rings. The van der Waals surface area contributed by atoms with Gasteiger partial charge in [-0.1, -0.05) is 22.6 Å². The van der Waals surface area contributed by atoms with Crippen LogP contribution < -0.4 is 0 Å². The predicted molar refractivity (Wildman–Crippen MR) is 70.4 cm³/mol. The highest BCUT2D eigenvalue weighted by atomic mass is 127. The molecule has 0 N–H and O–H groups in total. The molecule has 19 heavy (non-hydrogen) atoms. The minimum absolute atomic E-state index is 0.0124. The molecule has 4 atom stereocenters. The summed E-state index contributed by atoms with van der Waals surface area (Å²) >= 11 is 2.01. The summed E-state index contributed by atoms with van der Waals surface area (Å²) in [4.78, 5) is 32.8. The fourth-order valence-electron chi connectivity index (χ4n) is 1.59. The first-order valence-corrected chi connectivity index (χ1v) is 6.83. The third-order valence-electron chi connectivity index (χ3n) is 2.28. The van der Waals surface area contributed by atoms with Crippen LogP contribution in [0.25, 0.3) is 0 Å². The zero-order valence-corrected chi connectivity index (χ0v) is 12.9. The summed E-state index contributed by atoms with van der Waals surface area (Å²) < 4.78 is 20.0. The average molecular weight is 386 g/mol. The van der Waals surface area contributed by atoms with E-state index in [9.17, 15) is 14.4 Å². The van der Waals surface area contributed by atoms with E-state index < -0.39 is 36.4 Å². The van der Waals surface area contributed by atoms with Gasteiger partial charge in [0, 0.05) is 20.8 Å². The normalized spacial score (nSPS) is 29.7. The Morgan fingerprint density at radius 1 is 1.05 bits per heavy atom. The Morgan fingerprint density at radius 2 is 1.63 bits per heavy atom. The van der Waals surface area contributed by atoms with Crippen molar-refractivity contribution in [2.24, 2.45) is 0 Å². The van der Waals surface area contributed by atoms with Crippen molar-refractivity contribution in [1.82, 2.24) is 0 Å². The maximum atomic E-state index is 11.0. The minimum Gasteiger partial charge on any atom is -0.463 e. The van der Waals surface area contributed by atoms with Gasteiger partial charge in [0.25, 0.3) is 0 Å². The number of hydrogen-bond donors (Lipinski definition) is 0. The van der Waals surface area contributed by atoms with Crippen LogP contribution in [0, 0.1) is 0 Å². The van der Waals surface area contributed by atoms with Crippen LogP contribution in [0.15, 0.2) is 0 Å². The van der Waals surface area contributed by atoms with E-state index in [-0.39, 0.29) is 10.5 Å². The molecule has 0 spiro atoms. The first-order chi connectivity index (χ1) is 8.81. The Morgan fingerprint density at radius 3 is 2.11 bits per heavy atom. The standard InChI is InChI=1S/C11H15IO7/c1-5(13)16-4-8-9(12)10(17-6(2)14)11(19-8)18-7(3)15/h8-11H,4H2,1-3H3/t8-,9+,10-,11+/m1/s1. The number of alkyl halides is 1. The van der Waals surface area contributed by atoms with Crippen LogP contribution in [0.2, 0.25) is 0 Å². The first kappa shape index (κ1) is 16.2. The molecular weight excluding hydrogens is 371 g/mol. The maximum Gasteiger partial charge on any atom is 0.305 e. The number of carbonyl (C=O) groups is 3. The fourth-order valence-corrected chi connectivity index (χ4v) is 2.45. The van der Waals surface area contributed by atoms with Crippen LogP contribution in [0.5, 0.6) is 0 Å². The van der Waals surface area contributed by atoms with Gasteiger partial charge >= 0.3 is 17.9 Å². The van der Waals surface area contributed by atoms with Gasteiger partial charge in [-0.15, -0.1) is 0 Å². The molecule has 1 aliphatic heterocycles. The van der Waals surface area contributed by atoms with E-state index in [0.717, 1.165) is 0 Å². The van der Waals surface area contributed by atoms with Gasteiger partial charge in [0.15, 0.2) is 6.10 Å². The molecule has 1 aliphatic rings. The number of halogens is 1. The molecule has 0 unspecified atom stereocenters. The van der Waals surface area contributed by atoms with Crippen LogP contribution in [-0.2, 0) is 33.3 Å². The van der Waals surface area contributed by atoms with Crippen molar-refractivity contribution in [3.05, 3.63) is 0 Å². The molecule has 1 saturated heterocycles. The predicted octanol–water partition coefficient (Wildman–Crippen LogP) is 0.573. The van der Waals surface area contributed by atoms with E-state index in [1.165, 1.54) is 20.8 Å². The Hall–Kier alpha value is -0.900. The lowest BCUT2D eigenvalue weighted by atomic mass is 10.2. The minimum atomic E-state index is -0.983. The summed E-state index contributed by atoms with van der Waals surface area (Å²) in [5.74, 6) is -1.48. The lowest BCUT2D eigenvalue weighted by molar-refractivity contribution is -0.196. The molecule has 7 nitrogen and oxygen atoms in total. The lowest BCUT2D eigenvalue weighted by Crippen LogP contribution is -2.35. The second-order valence-corrected chi connectivity index (χ2v) is 5.41. The Balaban J connectivity index is 2.70. The van der Waals surface area contributed by atoms with Crippen molar-refractivity contribution in [2.75, 3.05) is 6.61 Å². The van der Waals surface area contributed by atoms with E-state index in [1.54, 1.807) is 0 Å². The molecule has 0 saturated carbocycles. The Labute approximate surface area is 124 Å².